The minimum Gasteiger partial charge on any atom is -0.493 e. The topological polar surface area (TPSA) is 39.7 Å². The molecule has 2 aliphatic heterocycles. The fraction of sp³-hybridized carbons (Fsp3) is 0.368. The van der Waals surface area contributed by atoms with Crippen molar-refractivity contribution in [2.45, 2.75) is 12.3 Å². The Morgan fingerprint density at radius 2 is 2.04 bits per heavy atom. The fourth-order valence-electron chi connectivity index (χ4n) is 2.80. The molecule has 0 saturated carbocycles. The van der Waals surface area contributed by atoms with Crippen molar-refractivity contribution in [3.63, 3.8) is 0 Å². The zero-order valence-electron chi connectivity index (χ0n) is 18.7. The average molecular weight is 335 g/mol. The minimum absolute atomic E-state index is 0.00643. The maximum absolute atomic E-state index is 13.4. The molecule has 0 aromatic heterocycles. The summed E-state index contributed by atoms with van der Waals surface area (Å²) in [5.41, 5.74) is 0.623. The average Bonchev–Trinajstić information content (AvgIpc) is 2.94. The maximum atomic E-state index is 13.4. The van der Waals surface area contributed by atoms with Gasteiger partial charge in [0.1, 0.15) is 14.3 Å². The summed E-state index contributed by atoms with van der Waals surface area (Å²) in [7, 11) is 0. The monoisotopic (exact) mass is 335 g/mol. The Morgan fingerprint density at radius 1 is 1.21 bits per heavy atom. The van der Waals surface area contributed by atoms with E-state index in [9.17, 15) is 4.39 Å². The fourth-order valence-corrected chi connectivity index (χ4v) is 2.80. The van der Waals surface area contributed by atoms with E-state index in [1.54, 1.807) is 0 Å². The van der Waals surface area contributed by atoms with Crippen molar-refractivity contribution in [2.75, 3.05) is 26.3 Å². The number of benzene rings is 2. The smallest absolute Gasteiger partial charge is 0.231 e. The third-order valence-electron chi connectivity index (χ3n) is 4.10. The highest BCUT2D eigenvalue weighted by Crippen LogP contribution is 2.36. The Balaban J connectivity index is 1.59. The van der Waals surface area contributed by atoms with Gasteiger partial charge in [-0.2, -0.15) is 0 Å². The van der Waals surface area contributed by atoms with E-state index >= 15 is 0 Å². The van der Waals surface area contributed by atoms with E-state index in [1.165, 1.54) is 42.5 Å². The van der Waals surface area contributed by atoms with Gasteiger partial charge in [-0.25, -0.2) is 4.39 Å². The highest BCUT2D eigenvalue weighted by molar-refractivity contribution is 5.46. The molecular weight excluding hydrogens is 309 g/mol. The number of halogens is 1. The molecule has 0 spiro atoms. The van der Waals surface area contributed by atoms with Crippen molar-refractivity contribution in [1.82, 2.24) is 5.32 Å². The van der Waals surface area contributed by atoms with Gasteiger partial charge in [0.05, 0.1) is 9.30 Å². The molecule has 5 heteroatoms. The van der Waals surface area contributed by atoms with Gasteiger partial charge in [-0.15, -0.1) is 0 Å². The summed E-state index contributed by atoms with van der Waals surface area (Å²) in [6.45, 7) is -6.20. The van der Waals surface area contributed by atoms with Crippen LogP contribution in [0.4, 0.5) is 4.39 Å². The highest BCUT2D eigenvalue weighted by Gasteiger charge is 2.27. The molecule has 1 N–H and O–H groups in total. The summed E-state index contributed by atoms with van der Waals surface area (Å²) in [6.07, 6.45) is -0.00643. The van der Waals surface area contributed by atoms with Crippen LogP contribution in [-0.4, -0.2) is 26.3 Å². The molecule has 2 aliphatic rings. The van der Waals surface area contributed by atoms with Gasteiger partial charge < -0.3 is 19.5 Å². The van der Waals surface area contributed by atoms with Crippen LogP contribution in [0, 0.1) is 11.7 Å². The highest BCUT2D eigenvalue weighted by atomic mass is 19.1. The molecule has 0 aliphatic carbocycles. The van der Waals surface area contributed by atoms with Crippen LogP contribution in [-0.2, 0) is 0 Å². The lowest BCUT2D eigenvalue weighted by Crippen LogP contribution is -2.38. The molecule has 0 bridgehead atoms. The first-order valence-corrected chi connectivity index (χ1v) is 7.66. The van der Waals surface area contributed by atoms with Gasteiger partial charge in [-0.3, -0.25) is 0 Å². The summed E-state index contributed by atoms with van der Waals surface area (Å²) in [4.78, 5) is 0. The maximum Gasteiger partial charge on any atom is 0.231 e. The Morgan fingerprint density at radius 3 is 2.92 bits per heavy atom. The van der Waals surface area contributed by atoms with Crippen LogP contribution in [0.15, 0.2) is 42.5 Å². The molecule has 24 heavy (non-hydrogen) atoms. The van der Waals surface area contributed by atoms with Crippen LogP contribution >= 0.6 is 0 Å². The number of nitrogens with one attached hydrogen (secondary N) is 1. The molecule has 2 atom stereocenters. The molecule has 1 saturated heterocycles. The van der Waals surface area contributed by atoms with Gasteiger partial charge in [0.15, 0.2) is 11.5 Å². The summed E-state index contributed by atoms with van der Waals surface area (Å²) < 4.78 is 77.1. The molecule has 2 aromatic carbocycles. The quantitative estimate of drug-likeness (QED) is 0.930. The van der Waals surface area contributed by atoms with Crippen molar-refractivity contribution in [2.24, 2.45) is 5.92 Å². The first-order valence-electron chi connectivity index (χ1n) is 10.7. The molecule has 2 aromatic rings. The first-order chi connectivity index (χ1) is 13.9. The first kappa shape index (κ1) is 9.89. The standard InChI is InChI=1S/C19H20FNO3/c20-15-3-1-13(2-4-15)17-7-8-21-10-14(17)11-22-16-5-6-18-19(9-16)24-12-23-18/h1-6,9,14,17,21H,7-8,10-12H2/t14-,17?/m0/s1/i8D2,11D2,12D2. The Bertz CT molecular complexity index is 940. The van der Waals surface area contributed by atoms with Gasteiger partial charge in [0.25, 0.3) is 0 Å². The van der Waals surface area contributed by atoms with Crippen molar-refractivity contribution in [3.8, 4) is 17.2 Å². The van der Waals surface area contributed by atoms with Crippen molar-refractivity contribution >= 4 is 0 Å². The van der Waals surface area contributed by atoms with Gasteiger partial charge in [-0.05, 0) is 48.7 Å². The second-order valence-corrected chi connectivity index (χ2v) is 5.64. The number of ether oxygens (including phenoxy) is 3. The van der Waals surface area contributed by atoms with E-state index in [-0.39, 0.29) is 30.2 Å². The molecular formula is C19H20FNO3. The second-order valence-electron chi connectivity index (χ2n) is 5.64. The van der Waals surface area contributed by atoms with Gasteiger partial charge in [0, 0.05) is 21.3 Å². The molecule has 4 nitrogen and oxygen atoms in total. The SMILES string of the molecule is [2H]C1([2H])CC(c2ccc(F)cc2)[C@H](C([2H])([2H])Oc2ccc3c(c2)OC([2H])([2H])O3)CN1. The lowest BCUT2D eigenvalue weighted by molar-refractivity contribution is 0.173. The van der Waals surface area contributed by atoms with E-state index in [2.05, 4.69) is 5.32 Å². The van der Waals surface area contributed by atoms with Crippen molar-refractivity contribution < 1.29 is 26.8 Å². The predicted octanol–water partition coefficient (Wildman–Crippen LogP) is 3.33. The normalized spacial score (nSPS) is 30.9. The molecule has 1 unspecified atom stereocenters. The van der Waals surface area contributed by atoms with E-state index < -0.39 is 37.5 Å². The molecule has 1 fully saturated rings. The van der Waals surface area contributed by atoms with Crippen LogP contribution in [0.2, 0.25) is 0 Å². The number of fused-ring (bicyclic) bond motifs is 1. The largest absolute Gasteiger partial charge is 0.493 e. The third-order valence-corrected chi connectivity index (χ3v) is 4.10. The van der Waals surface area contributed by atoms with Crippen molar-refractivity contribution in [1.29, 1.82) is 0 Å². The second kappa shape index (κ2) is 6.69. The Labute approximate surface area is 149 Å². The zero-order chi connectivity index (χ0) is 21.7. The van der Waals surface area contributed by atoms with Gasteiger partial charge >= 0.3 is 0 Å². The molecule has 0 radical (unpaired) electrons. The van der Waals surface area contributed by atoms with E-state index in [1.807, 2.05) is 0 Å². The Hall–Kier alpha value is -2.27. The summed E-state index contributed by atoms with van der Waals surface area (Å²) in [5.74, 6) is -1.35. The van der Waals surface area contributed by atoms with E-state index in [0.29, 0.717) is 5.56 Å². The zero-order valence-corrected chi connectivity index (χ0v) is 12.7. The molecule has 126 valence electrons. The molecule has 0 amide bonds. The van der Waals surface area contributed by atoms with Crippen LogP contribution in [0.25, 0.3) is 0 Å². The van der Waals surface area contributed by atoms with Gasteiger partial charge in [0.2, 0.25) is 6.75 Å². The molecule has 2 heterocycles. The minimum atomic E-state index is -2.30. The molecule has 4 rings (SSSR count). The number of piperidine rings is 1. The third kappa shape index (κ3) is 3.17. The van der Waals surface area contributed by atoms with E-state index in [4.69, 9.17) is 22.4 Å². The Kier molecular flexibility index (Phi) is 2.76. The van der Waals surface area contributed by atoms with Crippen LogP contribution in [0.1, 0.15) is 26.1 Å². The lowest BCUT2D eigenvalue weighted by Gasteiger charge is -2.32. The van der Waals surface area contributed by atoms with Crippen LogP contribution < -0.4 is 19.5 Å². The summed E-state index contributed by atoms with van der Waals surface area (Å²) in [5, 5.41) is 2.71. The number of rotatable bonds is 4. The predicted molar refractivity (Wildman–Crippen MR) is 88.2 cm³/mol. The van der Waals surface area contributed by atoms with Crippen LogP contribution in [0.5, 0.6) is 17.2 Å². The summed E-state index contributed by atoms with van der Waals surface area (Å²) >= 11 is 0. The van der Waals surface area contributed by atoms with E-state index in [0.717, 1.165) is 0 Å². The van der Waals surface area contributed by atoms with Crippen LogP contribution in [0.3, 0.4) is 0 Å². The number of hydrogen-bond donors (Lipinski definition) is 1. The summed E-state index contributed by atoms with van der Waals surface area (Å²) in [6, 6.07) is 9.84. The van der Waals surface area contributed by atoms with Gasteiger partial charge in [-0.1, -0.05) is 12.1 Å². The number of hydrogen-bond acceptors (Lipinski definition) is 4. The van der Waals surface area contributed by atoms with Crippen molar-refractivity contribution in [3.05, 3.63) is 53.8 Å². The lowest BCUT2D eigenvalue weighted by atomic mass is 9.81.